The van der Waals surface area contributed by atoms with Gasteiger partial charge in [-0.05, 0) is 37.0 Å². The van der Waals surface area contributed by atoms with E-state index in [4.69, 9.17) is 4.42 Å². The number of aryl methyl sites for hydroxylation is 1. The molecule has 0 unspecified atom stereocenters. The minimum Gasteiger partial charge on any atom is -0.440 e. The van der Waals surface area contributed by atoms with Crippen LogP contribution >= 0.6 is 11.8 Å². The first kappa shape index (κ1) is 21.4. The maximum atomic E-state index is 14.5. The molecule has 0 spiro atoms. The van der Waals surface area contributed by atoms with Gasteiger partial charge in [0, 0.05) is 37.8 Å². The van der Waals surface area contributed by atoms with Gasteiger partial charge in [0.25, 0.3) is 0 Å². The normalized spacial score (nSPS) is 23.0. The summed E-state index contributed by atoms with van der Waals surface area (Å²) in [6.45, 7) is 4.09. The molecule has 1 saturated heterocycles. The molecule has 5 rings (SSSR count). The molecule has 2 fully saturated rings. The smallest absolute Gasteiger partial charge is 0.416 e. The Balaban J connectivity index is 1.20. The Morgan fingerprint density at radius 1 is 1.28 bits per heavy atom. The first-order chi connectivity index (χ1) is 15.2. The summed E-state index contributed by atoms with van der Waals surface area (Å²) in [5.41, 5.74) is -0.150. The number of hydrogen-bond donors (Lipinski definition) is 0. The summed E-state index contributed by atoms with van der Waals surface area (Å²) in [7, 11) is 1.87. The van der Waals surface area contributed by atoms with E-state index in [-0.39, 0.29) is 11.3 Å². The Morgan fingerprint density at radius 3 is 2.78 bits per heavy atom. The minimum atomic E-state index is -4.54. The second-order valence-electron chi connectivity index (χ2n) is 8.47. The number of aromatic nitrogens is 4. The van der Waals surface area contributed by atoms with E-state index in [2.05, 4.69) is 20.1 Å². The topological polar surface area (TPSA) is 60.0 Å². The number of likely N-dealkylation sites (tertiary alicyclic amines) is 1. The first-order valence-electron chi connectivity index (χ1n) is 10.2. The van der Waals surface area contributed by atoms with Crippen LogP contribution in [0.4, 0.5) is 17.6 Å². The SMILES string of the molecule is Cc1ncoc1-c1nnc(SCCN2C[C@@H]3C[C@]3(c3ccc(C(F)(F)F)cc3F)C2)n1C. The Morgan fingerprint density at radius 2 is 2.09 bits per heavy atom. The fraction of sp³-hybridized carbons (Fsp3) is 0.476. The van der Waals surface area contributed by atoms with E-state index in [0.717, 1.165) is 42.2 Å². The van der Waals surface area contributed by atoms with E-state index < -0.39 is 17.6 Å². The highest BCUT2D eigenvalue weighted by molar-refractivity contribution is 7.99. The van der Waals surface area contributed by atoms with Gasteiger partial charge in [-0.3, -0.25) is 0 Å². The molecule has 170 valence electrons. The van der Waals surface area contributed by atoms with Crippen LogP contribution < -0.4 is 0 Å². The molecular formula is C21H21F4N5OS. The third kappa shape index (κ3) is 3.61. The number of alkyl halides is 3. The minimum absolute atomic E-state index is 0.287. The highest BCUT2D eigenvalue weighted by atomic mass is 32.2. The summed E-state index contributed by atoms with van der Waals surface area (Å²) in [6, 6.07) is 2.94. The van der Waals surface area contributed by atoms with Gasteiger partial charge < -0.3 is 13.9 Å². The zero-order valence-corrected chi connectivity index (χ0v) is 18.3. The van der Waals surface area contributed by atoms with E-state index >= 15 is 0 Å². The van der Waals surface area contributed by atoms with Crippen molar-refractivity contribution in [2.45, 2.75) is 30.1 Å². The number of piperidine rings is 1. The fourth-order valence-corrected chi connectivity index (χ4v) is 5.60. The van der Waals surface area contributed by atoms with Crippen molar-refractivity contribution in [2.24, 2.45) is 13.0 Å². The molecule has 32 heavy (non-hydrogen) atoms. The molecular weight excluding hydrogens is 446 g/mol. The van der Waals surface area contributed by atoms with Crippen molar-refractivity contribution in [3.05, 3.63) is 47.2 Å². The predicted octanol–water partition coefficient (Wildman–Crippen LogP) is 4.30. The fourth-order valence-electron chi connectivity index (χ4n) is 4.69. The average Bonchev–Trinajstić information content (AvgIpc) is 3.02. The van der Waals surface area contributed by atoms with E-state index in [1.807, 2.05) is 18.5 Å². The summed E-state index contributed by atoms with van der Waals surface area (Å²) >= 11 is 1.56. The van der Waals surface area contributed by atoms with Gasteiger partial charge in [-0.1, -0.05) is 17.8 Å². The summed E-state index contributed by atoms with van der Waals surface area (Å²) in [5, 5.41) is 9.18. The lowest BCUT2D eigenvalue weighted by molar-refractivity contribution is -0.137. The van der Waals surface area contributed by atoms with Crippen LogP contribution in [0.3, 0.4) is 0 Å². The standard InChI is InChI=1S/C21H21F4N5OS/c1-12-17(31-11-26-12)18-27-28-19(29(18)2)32-6-5-30-9-14-8-20(14,10-30)15-4-3-13(7-16(15)22)21(23,24)25/h3-4,7,11,14H,5-6,8-10H2,1-2H3/t14-,20-/m0/s1. The zero-order valence-electron chi connectivity index (χ0n) is 17.5. The monoisotopic (exact) mass is 467 g/mol. The van der Waals surface area contributed by atoms with E-state index in [1.54, 1.807) is 11.8 Å². The van der Waals surface area contributed by atoms with Crippen molar-refractivity contribution in [3.63, 3.8) is 0 Å². The third-order valence-corrected chi connectivity index (χ3v) is 7.47. The van der Waals surface area contributed by atoms with Gasteiger partial charge >= 0.3 is 6.18 Å². The highest BCUT2D eigenvalue weighted by Crippen LogP contribution is 2.59. The number of rotatable bonds is 6. The maximum Gasteiger partial charge on any atom is 0.416 e. The molecule has 1 aliphatic carbocycles. The number of fused-ring (bicyclic) bond motifs is 1. The summed E-state index contributed by atoms with van der Waals surface area (Å²) in [4.78, 5) is 6.33. The molecule has 0 bridgehead atoms. The van der Waals surface area contributed by atoms with Crippen LogP contribution in [0.2, 0.25) is 0 Å². The van der Waals surface area contributed by atoms with Gasteiger partial charge in [-0.2, -0.15) is 13.2 Å². The molecule has 2 aliphatic rings. The molecule has 1 aromatic carbocycles. The lowest BCUT2D eigenvalue weighted by Gasteiger charge is -2.21. The lowest BCUT2D eigenvalue weighted by Crippen LogP contribution is -2.29. The van der Waals surface area contributed by atoms with Crippen LogP contribution in [0.1, 0.15) is 23.2 Å². The number of halogens is 4. The summed E-state index contributed by atoms with van der Waals surface area (Å²) < 4.78 is 60.4. The molecule has 0 amide bonds. The Bertz CT molecular complexity index is 1160. The molecule has 6 nitrogen and oxygen atoms in total. The van der Waals surface area contributed by atoms with Gasteiger partial charge in [0.2, 0.25) is 5.82 Å². The second-order valence-corrected chi connectivity index (χ2v) is 9.53. The highest BCUT2D eigenvalue weighted by Gasteiger charge is 2.61. The average molecular weight is 467 g/mol. The van der Waals surface area contributed by atoms with Gasteiger partial charge in [-0.15, -0.1) is 10.2 Å². The molecule has 3 aromatic rings. The number of benzene rings is 1. The second kappa shape index (κ2) is 7.58. The number of nitrogens with zero attached hydrogens (tertiary/aromatic N) is 5. The molecule has 2 aromatic heterocycles. The molecule has 1 aliphatic heterocycles. The molecule has 2 atom stereocenters. The van der Waals surface area contributed by atoms with Crippen LogP contribution in [0, 0.1) is 18.7 Å². The quantitative estimate of drug-likeness (QED) is 0.398. The molecule has 0 radical (unpaired) electrons. The van der Waals surface area contributed by atoms with Crippen molar-refractivity contribution in [1.82, 2.24) is 24.6 Å². The molecule has 11 heteroatoms. The Hall–Kier alpha value is -2.40. The Kier molecular flexibility index (Phi) is 5.08. The number of thioether (sulfide) groups is 1. The first-order valence-corrected chi connectivity index (χ1v) is 11.2. The van der Waals surface area contributed by atoms with Crippen molar-refractivity contribution in [1.29, 1.82) is 0 Å². The largest absolute Gasteiger partial charge is 0.440 e. The number of oxazole rings is 1. The van der Waals surface area contributed by atoms with Gasteiger partial charge in [0.1, 0.15) is 5.82 Å². The van der Waals surface area contributed by atoms with Gasteiger partial charge in [-0.25, -0.2) is 9.37 Å². The van der Waals surface area contributed by atoms with Crippen molar-refractivity contribution in [2.75, 3.05) is 25.4 Å². The van der Waals surface area contributed by atoms with Crippen LogP contribution in [-0.4, -0.2) is 50.0 Å². The lowest BCUT2D eigenvalue weighted by atomic mass is 9.93. The van der Waals surface area contributed by atoms with E-state index in [1.165, 1.54) is 12.5 Å². The summed E-state index contributed by atoms with van der Waals surface area (Å²) in [6.07, 6.45) is -2.34. The molecule has 3 heterocycles. The van der Waals surface area contributed by atoms with Crippen LogP contribution in [0.15, 0.2) is 34.2 Å². The van der Waals surface area contributed by atoms with Crippen LogP contribution in [0.5, 0.6) is 0 Å². The predicted molar refractivity (Wildman–Crippen MR) is 110 cm³/mol. The maximum absolute atomic E-state index is 14.5. The Labute approximate surface area is 186 Å². The van der Waals surface area contributed by atoms with Crippen molar-refractivity contribution < 1.29 is 22.0 Å². The van der Waals surface area contributed by atoms with Crippen molar-refractivity contribution in [3.8, 4) is 11.6 Å². The summed E-state index contributed by atoms with van der Waals surface area (Å²) in [5.74, 6) is 1.50. The van der Waals surface area contributed by atoms with Gasteiger partial charge in [0.05, 0.1) is 11.3 Å². The van der Waals surface area contributed by atoms with Gasteiger partial charge in [0.15, 0.2) is 17.3 Å². The molecule has 1 saturated carbocycles. The zero-order chi connectivity index (χ0) is 22.7. The van der Waals surface area contributed by atoms with Crippen LogP contribution in [0.25, 0.3) is 11.6 Å². The van der Waals surface area contributed by atoms with E-state index in [9.17, 15) is 17.6 Å². The van der Waals surface area contributed by atoms with Crippen LogP contribution in [-0.2, 0) is 18.6 Å². The third-order valence-electron chi connectivity index (χ3n) is 6.47. The molecule has 0 N–H and O–H groups in total. The van der Waals surface area contributed by atoms with Crippen molar-refractivity contribution >= 4 is 11.8 Å². The van der Waals surface area contributed by atoms with E-state index in [0.29, 0.717) is 29.8 Å². The number of hydrogen-bond acceptors (Lipinski definition) is 6.